The molecule has 0 radical (unpaired) electrons. The topological polar surface area (TPSA) is 17.1 Å². The van der Waals surface area contributed by atoms with Crippen molar-refractivity contribution in [2.45, 2.75) is 32.6 Å². The molecule has 1 aliphatic carbocycles. The van der Waals surface area contributed by atoms with Crippen molar-refractivity contribution in [3.05, 3.63) is 53.6 Å². The predicted molar refractivity (Wildman–Crippen MR) is 72.0 cm³/mol. The van der Waals surface area contributed by atoms with Crippen LogP contribution in [0.15, 0.2) is 42.5 Å². The summed E-state index contributed by atoms with van der Waals surface area (Å²) in [5, 5.41) is 0. The number of benzene rings is 1. The van der Waals surface area contributed by atoms with Gasteiger partial charge in [0.2, 0.25) is 0 Å². The Morgan fingerprint density at radius 2 is 1.82 bits per heavy atom. The van der Waals surface area contributed by atoms with Crippen LogP contribution >= 0.6 is 0 Å². The molecule has 1 aromatic carbocycles. The second-order valence-electron chi connectivity index (χ2n) is 4.52. The molecule has 0 aromatic heterocycles. The first-order chi connectivity index (χ1) is 8.24. The zero-order valence-electron chi connectivity index (χ0n) is 10.3. The average molecular weight is 226 g/mol. The molecule has 0 spiro atoms. The highest BCUT2D eigenvalue weighted by atomic mass is 16.1. The van der Waals surface area contributed by atoms with Crippen LogP contribution in [0.5, 0.6) is 0 Å². The number of hydrogen-bond donors (Lipinski definition) is 0. The molecule has 0 heterocycles. The zero-order valence-corrected chi connectivity index (χ0v) is 10.3. The lowest BCUT2D eigenvalue weighted by atomic mass is 9.85. The summed E-state index contributed by atoms with van der Waals surface area (Å²) in [7, 11) is 0. The molecule has 0 unspecified atom stereocenters. The lowest BCUT2D eigenvalue weighted by Gasteiger charge is -2.18. The first-order valence-electron chi connectivity index (χ1n) is 6.27. The zero-order chi connectivity index (χ0) is 12.3. The first kappa shape index (κ1) is 11.8. The molecule has 1 aliphatic rings. The number of rotatable bonds is 4. The second-order valence-corrected chi connectivity index (χ2v) is 4.52. The van der Waals surface area contributed by atoms with Crippen molar-refractivity contribution in [3.63, 3.8) is 0 Å². The van der Waals surface area contributed by atoms with Crippen LogP contribution in [0.1, 0.15) is 48.5 Å². The highest BCUT2D eigenvalue weighted by Gasteiger charge is 2.19. The van der Waals surface area contributed by atoms with E-state index in [4.69, 9.17) is 0 Å². The van der Waals surface area contributed by atoms with Gasteiger partial charge >= 0.3 is 0 Å². The second kappa shape index (κ2) is 5.13. The maximum absolute atomic E-state index is 12.0. The van der Waals surface area contributed by atoms with Gasteiger partial charge in [-0.25, -0.2) is 0 Å². The van der Waals surface area contributed by atoms with E-state index in [0.717, 1.165) is 35.1 Å². The smallest absolute Gasteiger partial charge is 0.186 e. The van der Waals surface area contributed by atoms with Gasteiger partial charge in [-0.3, -0.25) is 4.79 Å². The molecule has 88 valence electrons. The van der Waals surface area contributed by atoms with Gasteiger partial charge in [0.25, 0.3) is 0 Å². The van der Waals surface area contributed by atoms with E-state index in [1.165, 1.54) is 12.8 Å². The van der Waals surface area contributed by atoms with Crippen LogP contribution in [0, 0.1) is 0 Å². The summed E-state index contributed by atoms with van der Waals surface area (Å²) >= 11 is 0. The monoisotopic (exact) mass is 226 g/mol. The Morgan fingerprint density at radius 1 is 1.12 bits per heavy atom. The van der Waals surface area contributed by atoms with Gasteiger partial charge in [-0.05, 0) is 35.6 Å². The summed E-state index contributed by atoms with van der Waals surface area (Å²) in [6.07, 6.45) is 6.27. The van der Waals surface area contributed by atoms with Crippen molar-refractivity contribution in [2.75, 3.05) is 0 Å². The molecule has 0 saturated carbocycles. The highest BCUT2D eigenvalue weighted by molar-refractivity contribution is 6.13. The number of ketones is 1. The average Bonchev–Trinajstić information content (AvgIpc) is 2.36. The minimum absolute atomic E-state index is 0.125. The van der Waals surface area contributed by atoms with Crippen LogP contribution in [0.4, 0.5) is 0 Å². The summed E-state index contributed by atoms with van der Waals surface area (Å²) in [6.45, 7) is 6.31. The Hall–Kier alpha value is -1.63. The molecule has 0 saturated heterocycles. The summed E-state index contributed by atoms with van der Waals surface area (Å²) in [6, 6.07) is 7.73. The first-order valence-corrected chi connectivity index (χ1v) is 6.27. The fraction of sp³-hybridized carbons (Fsp3) is 0.312. The van der Waals surface area contributed by atoms with Gasteiger partial charge < -0.3 is 0 Å². The van der Waals surface area contributed by atoms with Crippen LogP contribution in [-0.4, -0.2) is 5.78 Å². The van der Waals surface area contributed by atoms with Gasteiger partial charge in [-0.2, -0.15) is 0 Å². The molecule has 0 bridgehead atoms. The third-order valence-electron chi connectivity index (χ3n) is 3.26. The molecule has 0 fully saturated rings. The fourth-order valence-electron chi connectivity index (χ4n) is 2.25. The van der Waals surface area contributed by atoms with E-state index in [1.807, 2.05) is 24.3 Å². The Morgan fingerprint density at radius 3 is 2.53 bits per heavy atom. The standard InChI is InChI=1S/C16H18O/c1-3-4-5-8-13-11-16(17)15-10-7-6-9-14(15)12(13)2/h6-7,9-11H,2-5,8H2,1H3. The van der Waals surface area contributed by atoms with Gasteiger partial charge in [0.15, 0.2) is 5.78 Å². The van der Waals surface area contributed by atoms with Crippen molar-refractivity contribution in [2.24, 2.45) is 0 Å². The number of allylic oxidation sites excluding steroid dienone is 3. The molecule has 0 atom stereocenters. The quantitative estimate of drug-likeness (QED) is 0.695. The summed E-state index contributed by atoms with van der Waals surface area (Å²) in [5.41, 5.74) is 3.93. The van der Waals surface area contributed by atoms with Crippen molar-refractivity contribution in [1.82, 2.24) is 0 Å². The minimum Gasteiger partial charge on any atom is -0.289 e. The third-order valence-corrected chi connectivity index (χ3v) is 3.26. The van der Waals surface area contributed by atoms with Crippen LogP contribution in [0.3, 0.4) is 0 Å². The third kappa shape index (κ3) is 2.38. The summed E-state index contributed by atoms with van der Waals surface area (Å²) in [4.78, 5) is 12.0. The number of carbonyl (C=O) groups is 1. The molecule has 0 aliphatic heterocycles. The number of unbranched alkanes of at least 4 members (excludes halogenated alkanes) is 2. The van der Waals surface area contributed by atoms with Crippen LogP contribution in [0.2, 0.25) is 0 Å². The lowest BCUT2D eigenvalue weighted by molar-refractivity contribution is 0.104. The maximum atomic E-state index is 12.0. The van der Waals surface area contributed by atoms with Crippen molar-refractivity contribution < 1.29 is 4.79 Å². The number of hydrogen-bond acceptors (Lipinski definition) is 1. The van der Waals surface area contributed by atoms with E-state index in [9.17, 15) is 4.79 Å². The van der Waals surface area contributed by atoms with Crippen molar-refractivity contribution in [3.8, 4) is 0 Å². The molecular formula is C16H18O. The van der Waals surface area contributed by atoms with E-state index in [2.05, 4.69) is 13.5 Å². The SMILES string of the molecule is C=C1C(CCCCC)=CC(=O)c2ccccc21. The Labute approximate surface area is 103 Å². The Balaban J connectivity index is 2.23. The van der Waals surface area contributed by atoms with E-state index in [0.29, 0.717) is 0 Å². The number of fused-ring (bicyclic) bond motifs is 1. The van der Waals surface area contributed by atoms with Crippen molar-refractivity contribution in [1.29, 1.82) is 0 Å². The van der Waals surface area contributed by atoms with E-state index < -0.39 is 0 Å². The molecule has 17 heavy (non-hydrogen) atoms. The van der Waals surface area contributed by atoms with Gasteiger partial charge in [0.05, 0.1) is 0 Å². The molecule has 1 nitrogen and oxygen atoms in total. The minimum atomic E-state index is 0.125. The molecule has 1 aromatic rings. The molecular weight excluding hydrogens is 208 g/mol. The summed E-state index contributed by atoms with van der Waals surface area (Å²) < 4.78 is 0. The Kier molecular flexibility index (Phi) is 3.58. The molecule has 2 rings (SSSR count). The maximum Gasteiger partial charge on any atom is 0.186 e. The van der Waals surface area contributed by atoms with Crippen molar-refractivity contribution >= 4 is 11.4 Å². The lowest BCUT2D eigenvalue weighted by Crippen LogP contribution is -2.08. The molecule has 0 amide bonds. The van der Waals surface area contributed by atoms with Gasteiger partial charge in [-0.15, -0.1) is 0 Å². The van der Waals surface area contributed by atoms with E-state index in [-0.39, 0.29) is 5.78 Å². The number of carbonyl (C=O) groups excluding carboxylic acids is 1. The normalized spacial score (nSPS) is 14.5. The predicted octanol–water partition coefficient (Wildman–Crippen LogP) is 4.40. The highest BCUT2D eigenvalue weighted by Crippen LogP contribution is 2.32. The largest absolute Gasteiger partial charge is 0.289 e. The van der Waals surface area contributed by atoms with Gasteiger partial charge in [0.1, 0.15) is 0 Å². The van der Waals surface area contributed by atoms with E-state index in [1.54, 1.807) is 6.08 Å². The van der Waals surface area contributed by atoms with Gasteiger partial charge in [0, 0.05) is 5.56 Å². The fourth-order valence-corrected chi connectivity index (χ4v) is 2.25. The summed E-state index contributed by atoms with van der Waals surface area (Å²) in [5.74, 6) is 0.125. The molecule has 0 N–H and O–H groups in total. The Bertz CT molecular complexity index is 480. The molecule has 1 heteroatoms. The van der Waals surface area contributed by atoms with Crippen LogP contribution in [0.25, 0.3) is 5.57 Å². The van der Waals surface area contributed by atoms with E-state index >= 15 is 0 Å². The van der Waals surface area contributed by atoms with Gasteiger partial charge in [-0.1, -0.05) is 50.6 Å². The van der Waals surface area contributed by atoms with Crippen LogP contribution in [-0.2, 0) is 0 Å². The van der Waals surface area contributed by atoms with Crippen LogP contribution < -0.4 is 0 Å².